The topological polar surface area (TPSA) is 232 Å². The van der Waals surface area contributed by atoms with E-state index in [2.05, 4.69) is 30.9 Å². The van der Waals surface area contributed by atoms with Gasteiger partial charge in [-0.05, 0) is 50.0 Å². The van der Waals surface area contributed by atoms with Crippen molar-refractivity contribution >= 4 is 59.0 Å². The van der Waals surface area contributed by atoms with E-state index in [0.29, 0.717) is 18.1 Å². The van der Waals surface area contributed by atoms with Crippen molar-refractivity contribution in [1.29, 1.82) is 0 Å². The molecule has 0 aliphatic carbocycles. The molecule has 0 aliphatic heterocycles. The van der Waals surface area contributed by atoms with Crippen LogP contribution in [-0.2, 0) is 4.57 Å². The molecule has 3 aromatic carbocycles. The number of hydrogen-bond donors (Lipinski definition) is 0. The van der Waals surface area contributed by atoms with Crippen molar-refractivity contribution < 1.29 is 32.8 Å². The van der Waals surface area contributed by atoms with Gasteiger partial charge in [-0.25, -0.2) is 0 Å². The number of para-hydroxylation sites is 3. The van der Waals surface area contributed by atoms with Crippen molar-refractivity contribution in [2.75, 3.05) is 84.6 Å². The number of phosphoric acid groups is 1. The van der Waals surface area contributed by atoms with Crippen LogP contribution < -0.4 is 14.7 Å². The third-order valence-corrected chi connectivity index (χ3v) is 6.76. The number of rotatable bonds is 3. The standard InChI is InChI=1S/3C11H16N5O.H3O4P/c3*1-14(2)11(15(3)4)17-16-10-8-6-5-7-9(10)12-13-16;1-5(2,3)4/h3*5-8H,1-4H3;(H3,1,2,3,4)/q3*+1;/p-3. The number of hydrogen-bond acceptors (Lipinski definition) is 10. The first-order chi connectivity index (χ1) is 26.3. The fourth-order valence-corrected chi connectivity index (χ4v) is 4.67. The molecule has 0 saturated carbocycles. The predicted octanol–water partition coefficient (Wildman–Crippen LogP) is 0.0953. The molecular formula is C33H48N15O7P. The monoisotopic (exact) mass is 797 g/mol. The van der Waals surface area contributed by atoms with Gasteiger partial charge < -0.3 is 19.2 Å². The van der Waals surface area contributed by atoms with Crippen molar-refractivity contribution in [3.63, 3.8) is 0 Å². The number of nitrogens with zero attached hydrogens (tertiary/aromatic N) is 15. The van der Waals surface area contributed by atoms with E-state index in [0.717, 1.165) is 33.1 Å². The lowest BCUT2D eigenvalue weighted by atomic mass is 10.3. The first-order valence-electron chi connectivity index (χ1n) is 16.6. The van der Waals surface area contributed by atoms with Crippen molar-refractivity contribution in [2.24, 2.45) is 0 Å². The number of benzene rings is 3. The summed E-state index contributed by atoms with van der Waals surface area (Å²) in [7, 11) is 17.5. The Morgan fingerprint density at radius 1 is 0.446 bits per heavy atom. The Labute approximate surface area is 323 Å². The van der Waals surface area contributed by atoms with Crippen LogP contribution in [0.25, 0.3) is 33.1 Å². The number of fused-ring (bicyclic) bond motifs is 3. The van der Waals surface area contributed by atoms with Crippen molar-refractivity contribution in [3.8, 4) is 0 Å². The van der Waals surface area contributed by atoms with Crippen LogP contribution in [0.2, 0.25) is 0 Å². The number of amides is 6. The summed E-state index contributed by atoms with van der Waals surface area (Å²) in [5.41, 5.74) is 4.95. The van der Waals surface area contributed by atoms with Crippen molar-refractivity contribution in [3.05, 3.63) is 72.8 Å². The second kappa shape index (κ2) is 19.9. The van der Waals surface area contributed by atoms with Gasteiger partial charge in [-0.1, -0.05) is 36.4 Å². The van der Waals surface area contributed by atoms with Crippen LogP contribution >= 0.6 is 7.82 Å². The normalized spacial score (nSPS) is 10.5. The van der Waals surface area contributed by atoms with E-state index in [-0.39, 0.29) is 0 Å². The van der Waals surface area contributed by atoms with E-state index in [1.807, 2.05) is 187 Å². The van der Waals surface area contributed by atoms with Crippen molar-refractivity contribution in [2.45, 2.75) is 0 Å². The molecule has 56 heavy (non-hydrogen) atoms. The maximum Gasteiger partial charge on any atom is 0.554 e. The lowest BCUT2D eigenvalue weighted by molar-refractivity contribution is -0.432. The second-order valence-corrected chi connectivity index (χ2v) is 13.7. The quantitative estimate of drug-likeness (QED) is 0.173. The molecule has 3 aromatic heterocycles. The summed E-state index contributed by atoms with van der Waals surface area (Å²) in [6, 6.07) is 25.0. The number of urea groups is 3. The first-order valence-corrected chi connectivity index (χ1v) is 18.1. The summed E-state index contributed by atoms with van der Waals surface area (Å²) in [4.78, 5) is 41.1. The van der Waals surface area contributed by atoms with Crippen molar-refractivity contribution in [1.82, 2.24) is 74.9 Å². The Bertz CT molecular complexity index is 2010. The smallest absolute Gasteiger partial charge is 0.554 e. The molecule has 6 amide bonds. The van der Waals surface area contributed by atoms with Crippen LogP contribution in [0.5, 0.6) is 0 Å². The van der Waals surface area contributed by atoms with Gasteiger partial charge in [-0.15, -0.1) is 15.3 Å². The van der Waals surface area contributed by atoms with Gasteiger partial charge in [0.1, 0.15) is 31.1 Å². The summed E-state index contributed by atoms with van der Waals surface area (Å²) in [5, 5.41) is 24.0. The maximum atomic E-state index is 8.55. The highest BCUT2D eigenvalue weighted by Gasteiger charge is 2.25. The largest absolute Gasteiger partial charge is 0.822 e. The van der Waals surface area contributed by atoms with Crippen LogP contribution in [0.15, 0.2) is 72.8 Å². The molecule has 0 bridgehead atoms. The van der Waals surface area contributed by atoms with Crippen LogP contribution in [0.3, 0.4) is 0 Å². The van der Waals surface area contributed by atoms with Crippen LogP contribution in [-0.4, -0.2) is 178 Å². The van der Waals surface area contributed by atoms with E-state index in [4.69, 9.17) is 32.8 Å². The number of aromatic nitrogens is 9. The highest BCUT2D eigenvalue weighted by atomic mass is 31.2. The third-order valence-electron chi connectivity index (χ3n) is 6.76. The zero-order chi connectivity index (χ0) is 41.7. The fourth-order valence-electron chi connectivity index (χ4n) is 4.67. The molecule has 0 radical (unpaired) electrons. The molecule has 0 N–H and O–H groups in total. The summed E-state index contributed by atoms with van der Waals surface area (Å²) in [5.74, 6) is 0. The highest BCUT2D eigenvalue weighted by molar-refractivity contribution is 7.40. The van der Waals surface area contributed by atoms with Gasteiger partial charge in [-0.2, -0.15) is 7.82 Å². The van der Waals surface area contributed by atoms with E-state index in [9.17, 15) is 0 Å². The van der Waals surface area contributed by atoms with Crippen LogP contribution in [0.4, 0.5) is 13.6 Å². The zero-order valence-corrected chi connectivity index (χ0v) is 34.3. The maximum absolute atomic E-state index is 8.55. The van der Waals surface area contributed by atoms with Gasteiger partial charge in [0.2, 0.25) is 0 Å². The van der Waals surface area contributed by atoms with Gasteiger partial charge in [0, 0.05) is 100 Å². The average Bonchev–Trinajstić information content (AvgIpc) is 3.84. The van der Waals surface area contributed by atoms with Gasteiger partial charge in [0.15, 0.2) is 16.6 Å². The molecule has 6 aromatic rings. The van der Waals surface area contributed by atoms with E-state index < -0.39 is 7.82 Å². The first kappa shape index (κ1) is 44.2. The summed E-state index contributed by atoms with van der Waals surface area (Å²) in [6.45, 7) is 0. The molecule has 23 heteroatoms. The van der Waals surface area contributed by atoms with Gasteiger partial charge in [0.05, 0.1) is 0 Å². The minimum Gasteiger partial charge on any atom is -0.822 e. The van der Waals surface area contributed by atoms with Gasteiger partial charge in [0.25, 0.3) is 0 Å². The minimum atomic E-state index is -5.39. The summed E-state index contributed by atoms with van der Waals surface area (Å²) >= 11 is 0. The Hall–Kier alpha value is -6.22. The molecular weight excluding hydrogens is 749 g/mol. The molecule has 3 heterocycles. The molecule has 6 rings (SSSR count). The van der Waals surface area contributed by atoms with E-state index >= 15 is 0 Å². The lowest BCUT2D eigenvalue weighted by Gasteiger charge is -2.36. The SMILES string of the molecule is CN(C)C(=[O+]n1nnc2ccccc21)N(C)C.CN(C)C(=[O+]n1nnc2ccccc21)N(C)C.CN(C)C(=[O+]n1nnc2ccccc21)N(C)C.O=P([O-])([O-])[O-]. The van der Waals surface area contributed by atoms with Gasteiger partial charge in [-0.3, -0.25) is 29.4 Å². The molecule has 0 fully saturated rings. The third kappa shape index (κ3) is 13.0. The predicted molar refractivity (Wildman–Crippen MR) is 205 cm³/mol. The second-order valence-electron chi connectivity index (χ2n) is 12.8. The molecule has 0 spiro atoms. The molecule has 0 aliphatic rings. The summed E-state index contributed by atoms with van der Waals surface area (Å²) in [6.07, 6.45) is 0. The molecule has 302 valence electrons. The van der Waals surface area contributed by atoms with Crippen LogP contribution in [0.1, 0.15) is 0 Å². The molecule has 0 atom stereocenters. The molecule has 22 nitrogen and oxygen atoms in total. The molecule has 0 saturated heterocycles. The van der Waals surface area contributed by atoms with Crippen LogP contribution in [0, 0.1) is 0 Å². The zero-order valence-electron chi connectivity index (χ0n) is 33.4. The van der Waals surface area contributed by atoms with E-state index in [1.54, 1.807) is 0 Å². The lowest BCUT2D eigenvalue weighted by Crippen LogP contribution is -2.35. The molecule has 0 unspecified atom stereocenters. The Balaban J connectivity index is 0.000000212. The number of carbonyl (C=O) groups excluding carboxylic acids is 3. The Kier molecular flexibility index (Phi) is 15.7. The average molecular weight is 798 g/mol. The minimum absolute atomic E-state index is 0.681. The van der Waals surface area contributed by atoms with E-state index in [1.165, 1.54) is 14.5 Å². The fraction of sp³-hybridized carbons (Fsp3) is 0.364. The highest BCUT2D eigenvalue weighted by Crippen LogP contribution is 2.14. The van der Waals surface area contributed by atoms with Gasteiger partial charge >= 0.3 is 18.1 Å². The Morgan fingerprint density at radius 3 is 0.839 bits per heavy atom. The summed E-state index contributed by atoms with van der Waals surface area (Å²) < 4.78 is 25.7. The Morgan fingerprint density at radius 2 is 0.643 bits per heavy atom.